The van der Waals surface area contributed by atoms with Gasteiger partial charge in [0.25, 0.3) is 5.91 Å². The molecule has 0 bridgehead atoms. The van der Waals surface area contributed by atoms with Crippen molar-refractivity contribution >= 4 is 46.2 Å². The van der Waals surface area contributed by atoms with Gasteiger partial charge in [-0.05, 0) is 30.3 Å². The number of nitrogens with one attached hydrogen (secondary N) is 3. The van der Waals surface area contributed by atoms with Gasteiger partial charge >= 0.3 is 0 Å². The molecule has 0 aliphatic carbocycles. The van der Waals surface area contributed by atoms with Gasteiger partial charge in [-0.3, -0.25) is 20.4 Å². The van der Waals surface area contributed by atoms with Crippen molar-refractivity contribution in [3.05, 3.63) is 59.1 Å². The smallest absolute Gasteiger partial charge is 0.269 e. The van der Waals surface area contributed by atoms with E-state index in [1.165, 1.54) is 11.8 Å². The lowest BCUT2D eigenvalue weighted by Crippen LogP contribution is -2.42. The molecule has 1 aromatic heterocycles. The van der Waals surface area contributed by atoms with E-state index in [0.717, 1.165) is 11.0 Å². The number of hydrogen-bond acceptors (Lipinski definition) is 4. The molecule has 0 aliphatic rings. The largest absolute Gasteiger partial charge is 0.333 e. The van der Waals surface area contributed by atoms with E-state index in [0.29, 0.717) is 15.7 Å². The topological polar surface area (TPSA) is 86.9 Å². The van der Waals surface area contributed by atoms with Crippen LogP contribution >= 0.6 is 23.4 Å². The van der Waals surface area contributed by atoms with E-state index < -0.39 is 0 Å². The van der Waals surface area contributed by atoms with Gasteiger partial charge < -0.3 is 4.98 Å². The second-order valence-electron chi connectivity index (χ2n) is 4.86. The number of imidazole rings is 1. The van der Waals surface area contributed by atoms with Gasteiger partial charge in [0.1, 0.15) is 0 Å². The van der Waals surface area contributed by atoms with Crippen molar-refractivity contribution in [1.82, 2.24) is 20.8 Å². The third-order valence-electron chi connectivity index (χ3n) is 3.11. The van der Waals surface area contributed by atoms with Crippen LogP contribution in [-0.2, 0) is 4.79 Å². The zero-order valence-corrected chi connectivity index (χ0v) is 13.9. The summed E-state index contributed by atoms with van der Waals surface area (Å²) in [5.41, 5.74) is 6.80. The highest BCUT2D eigenvalue weighted by Gasteiger charge is 2.09. The maximum absolute atomic E-state index is 11.8. The third kappa shape index (κ3) is 4.06. The molecule has 0 radical (unpaired) electrons. The van der Waals surface area contributed by atoms with Crippen molar-refractivity contribution in [2.45, 2.75) is 5.16 Å². The van der Waals surface area contributed by atoms with Crippen LogP contribution in [0.25, 0.3) is 11.0 Å². The number of fused-ring (bicyclic) bond motifs is 1. The van der Waals surface area contributed by atoms with E-state index in [4.69, 9.17) is 11.6 Å². The molecule has 0 spiro atoms. The Labute approximate surface area is 147 Å². The summed E-state index contributed by atoms with van der Waals surface area (Å²) < 4.78 is 0. The average Bonchev–Trinajstić information content (AvgIpc) is 3.00. The Morgan fingerprint density at radius 1 is 1.12 bits per heavy atom. The highest BCUT2D eigenvalue weighted by molar-refractivity contribution is 7.99. The van der Waals surface area contributed by atoms with E-state index in [9.17, 15) is 9.59 Å². The molecule has 0 fully saturated rings. The van der Waals surface area contributed by atoms with Gasteiger partial charge in [0.05, 0.1) is 16.8 Å². The second-order valence-corrected chi connectivity index (χ2v) is 6.26. The van der Waals surface area contributed by atoms with Crippen molar-refractivity contribution in [2.24, 2.45) is 0 Å². The van der Waals surface area contributed by atoms with E-state index in [2.05, 4.69) is 20.8 Å². The molecular formula is C16H13ClN4O2S. The first-order chi connectivity index (χ1) is 11.6. The number of carbonyl (C=O) groups excluding carboxylic acids is 2. The number of nitrogens with zero attached hydrogens (tertiary/aromatic N) is 1. The van der Waals surface area contributed by atoms with Crippen LogP contribution in [0, 0.1) is 0 Å². The second kappa shape index (κ2) is 7.37. The molecular weight excluding hydrogens is 348 g/mol. The molecule has 2 aromatic carbocycles. The molecule has 0 unspecified atom stereocenters. The molecule has 2 amide bonds. The number of aromatic nitrogens is 2. The van der Waals surface area contributed by atoms with Crippen molar-refractivity contribution in [3.63, 3.8) is 0 Å². The summed E-state index contributed by atoms with van der Waals surface area (Å²) in [6.07, 6.45) is 0. The standard InChI is InChI=1S/C16H13ClN4O2S/c17-11-6-7-12-13(8-11)19-16(18-12)24-9-14(22)20-21-15(23)10-4-2-1-3-5-10/h1-8H,9H2,(H,18,19)(H,20,22)(H,21,23). The Morgan fingerprint density at radius 3 is 2.71 bits per heavy atom. The molecule has 122 valence electrons. The predicted octanol–water partition coefficient (Wildman–Crippen LogP) is 2.77. The number of benzene rings is 2. The lowest BCUT2D eigenvalue weighted by molar-refractivity contribution is -0.119. The fraction of sp³-hybridized carbons (Fsp3) is 0.0625. The number of amides is 2. The molecule has 24 heavy (non-hydrogen) atoms. The summed E-state index contributed by atoms with van der Waals surface area (Å²) in [7, 11) is 0. The maximum atomic E-state index is 11.8. The fourth-order valence-corrected chi connectivity index (χ4v) is 2.84. The van der Waals surface area contributed by atoms with Crippen LogP contribution in [0.1, 0.15) is 10.4 Å². The van der Waals surface area contributed by atoms with E-state index in [1.54, 1.807) is 42.5 Å². The molecule has 1 heterocycles. The Bertz CT molecular complexity index is 882. The van der Waals surface area contributed by atoms with Gasteiger partial charge in [0.15, 0.2) is 5.16 Å². The number of halogens is 1. The Hall–Kier alpha value is -2.51. The molecule has 0 saturated heterocycles. The predicted molar refractivity (Wildman–Crippen MR) is 93.9 cm³/mol. The van der Waals surface area contributed by atoms with Gasteiger partial charge in [-0.25, -0.2) is 4.98 Å². The molecule has 0 atom stereocenters. The van der Waals surface area contributed by atoms with Gasteiger partial charge in [0, 0.05) is 10.6 Å². The van der Waals surface area contributed by atoms with Crippen LogP contribution in [0.5, 0.6) is 0 Å². The van der Waals surface area contributed by atoms with E-state index in [1.807, 2.05) is 6.07 Å². The van der Waals surface area contributed by atoms with Crippen LogP contribution in [0.4, 0.5) is 0 Å². The molecule has 8 heteroatoms. The normalized spacial score (nSPS) is 10.5. The first kappa shape index (κ1) is 16.4. The summed E-state index contributed by atoms with van der Waals surface area (Å²) in [5, 5.41) is 1.22. The summed E-state index contributed by atoms with van der Waals surface area (Å²) in [5.74, 6) is -0.585. The zero-order chi connectivity index (χ0) is 16.9. The SMILES string of the molecule is O=C(CSc1nc2ccc(Cl)cc2[nH]1)NNC(=O)c1ccccc1. The molecule has 0 aliphatic heterocycles. The van der Waals surface area contributed by atoms with Crippen LogP contribution < -0.4 is 10.9 Å². The van der Waals surface area contributed by atoms with Crippen molar-refractivity contribution in [2.75, 3.05) is 5.75 Å². The first-order valence-corrected chi connectivity index (χ1v) is 8.40. The van der Waals surface area contributed by atoms with Crippen LogP contribution in [0.2, 0.25) is 5.02 Å². The van der Waals surface area contributed by atoms with Crippen LogP contribution in [0.3, 0.4) is 0 Å². The first-order valence-electron chi connectivity index (χ1n) is 7.04. The third-order valence-corrected chi connectivity index (χ3v) is 4.22. The van der Waals surface area contributed by atoms with Gasteiger partial charge in [-0.1, -0.05) is 41.6 Å². The number of carbonyl (C=O) groups is 2. The molecule has 3 aromatic rings. The number of aromatic amines is 1. The van der Waals surface area contributed by atoms with Crippen LogP contribution in [-0.4, -0.2) is 27.5 Å². The summed E-state index contributed by atoms with van der Waals surface area (Å²) in [6.45, 7) is 0. The number of hydrogen-bond donors (Lipinski definition) is 3. The molecule has 0 saturated carbocycles. The number of H-pyrrole nitrogens is 1. The molecule has 6 nitrogen and oxygen atoms in total. The number of rotatable bonds is 4. The summed E-state index contributed by atoms with van der Waals surface area (Å²) in [4.78, 5) is 31.1. The minimum absolute atomic E-state index is 0.114. The van der Waals surface area contributed by atoms with Crippen molar-refractivity contribution < 1.29 is 9.59 Å². The lowest BCUT2D eigenvalue weighted by Gasteiger charge is -2.06. The monoisotopic (exact) mass is 360 g/mol. The minimum Gasteiger partial charge on any atom is -0.333 e. The van der Waals surface area contributed by atoms with Gasteiger partial charge in [-0.15, -0.1) is 0 Å². The number of hydrazine groups is 1. The Balaban J connectivity index is 1.50. The molecule has 3 N–H and O–H groups in total. The lowest BCUT2D eigenvalue weighted by atomic mass is 10.2. The number of thioether (sulfide) groups is 1. The maximum Gasteiger partial charge on any atom is 0.269 e. The van der Waals surface area contributed by atoms with E-state index in [-0.39, 0.29) is 17.6 Å². The minimum atomic E-state index is -0.368. The highest BCUT2D eigenvalue weighted by atomic mass is 35.5. The Kier molecular flexibility index (Phi) is 5.02. The average molecular weight is 361 g/mol. The van der Waals surface area contributed by atoms with Crippen molar-refractivity contribution in [1.29, 1.82) is 0 Å². The van der Waals surface area contributed by atoms with E-state index >= 15 is 0 Å². The summed E-state index contributed by atoms with van der Waals surface area (Å²) >= 11 is 7.15. The molecule has 3 rings (SSSR count). The zero-order valence-electron chi connectivity index (χ0n) is 12.4. The van der Waals surface area contributed by atoms with Gasteiger partial charge in [0.2, 0.25) is 5.91 Å². The summed E-state index contributed by atoms with van der Waals surface area (Å²) in [6, 6.07) is 14.0. The van der Waals surface area contributed by atoms with Crippen molar-refractivity contribution in [3.8, 4) is 0 Å². The van der Waals surface area contributed by atoms with Crippen LogP contribution in [0.15, 0.2) is 53.7 Å². The fourth-order valence-electron chi connectivity index (χ4n) is 1.98. The Morgan fingerprint density at radius 2 is 1.92 bits per heavy atom. The highest BCUT2D eigenvalue weighted by Crippen LogP contribution is 2.21. The quantitative estimate of drug-likeness (QED) is 0.493. The van der Waals surface area contributed by atoms with Gasteiger partial charge in [-0.2, -0.15) is 0 Å².